The molecule has 2 bridgehead atoms. The fourth-order valence-electron chi connectivity index (χ4n) is 5.31. The van der Waals surface area contributed by atoms with Crippen molar-refractivity contribution in [1.29, 1.82) is 0 Å². The Kier molecular flexibility index (Phi) is 11.5. The van der Waals surface area contributed by atoms with Crippen LogP contribution in [-0.4, -0.2) is 79.5 Å². The van der Waals surface area contributed by atoms with E-state index in [4.69, 9.17) is 13.9 Å². The molecular weight excluding hydrogens is 578 g/mol. The van der Waals surface area contributed by atoms with Crippen molar-refractivity contribution >= 4 is 23.6 Å². The first-order valence-electron chi connectivity index (χ1n) is 15.0. The van der Waals surface area contributed by atoms with Gasteiger partial charge in [0.05, 0.1) is 20.4 Å². The van der Waals surface area contributed by atoms with Crippen molar-refractivity contribution in [3.63, 3.8) is 0 Å². The van der Waals surface area contributed by atoms with Crippen molar-refractivity contribution in [3.8, 4) is 11.5 Å². The smallest absolute Gasteiger partial charge is 0.291 e. The molecular formula is C33H41N5O7. The Labute approximate surface area is 262 Å². The van der Waals surface area contributed by atoms with Crippen molar-refractivity contribution in [2.75, 3.05) is 33.9 Å². The predicted octanol–water partition coefficient (Wildman–Crippen LogP) is 2.77. The van der Waals surface area contributed by atoms with E-state index in [-0.39, 0.29) is 37.1 Å². The van der Waals surface area contributed by atoms with Gasteiger partial charge in [-0.25, -0.2) is 4.98 Å². The fraction of sp³-hybridized carbons (Fsp3) is 0.424. The van der Waals surface area contributed by atoms with Gasteiger partial charge in [0.2, 0.25) is 17.6 Å². The van der Waals surface area contributed by atoms with Crippen LogP contribution >= 0.6 is 0 Å². The Hall–Kier alpha value is -4.87. The molecule has 12 nitrogen and oxygen atoms in total. The highest BCUT2D eigenvalue weighted by molar-refractivity contribution is 5.98. The number of carbonyl (C=O) groups excluding carboxylic acids is 4. The lowest BCUT2D eigenvalue weighted by Crippen LogP contribution is -2.54. The van der Waals surface area contributed by atoms with Gasteiger partial charge in [0.1, 0.15) is 24.1 Å². The summed E-state index contributed by atoms with van der Waals surface area (Å²) in [4.78, 5) is 59.1. The SMILES string of the molecule is COc1ccc(C[C@@H]2NC(=O)c3ccc(OC)c(c3)CCCNC(=O)CN(C(=O)c3cnco3)C[C@H](CC(C)C)NC2=O)cc1. The van der Waals surface area contributed by atoms with Crippen LogP contribution in [0.4, 0.5) is 0 Å². The van der Waals surface area contributed by atoms with Crippen LogP contribution in [0.25, 0.3) is 0 Å². The molecule has 3 N–H and O–H groups in total. The number of aromatic nitrogens is 1. The Morgan fingerprint density at radius 3 is 2.51 bits per heavy atom. The van der Waals surface area contributed by atoms with Crippen LogP contribution in [0.2, 0.25) is 0 Å². The molecule has 45 heavy (non-hydrogen) atoms. The van der Waals surface area contributed by atoms with Gasteiger partial charge in [-0.3, -0.25) is 19.2 Å². The summed E-state index contributed by atoms with van der Waals surface area (Å²) >= 11 is 0. The predicted molar refractivity (Wildman–Crippen MR) is 166 cm³/mol. The molecule has 0 fully saturated rings. The van der Waals surface area contributed by atoms with E-state index in [9.17, 15) is 19.2 Å². The number of amides is 4. The molecule has 12 heteroatoms. The van der Waals surface area contributed by atoms with Crippen LogP contribution in [0.15, 0.2) is 59.5 Å². The van der Waals surface area contributed by atoms with Crippen LogP contribution in [0.1, 0.15) is 58.7 Å². The number of nitrogens with zero attached hydrogens (tertiary/aromatic N) is 2. The summed E-state index contributed by atoms with van der Waals surface area (Å²) in [6.45, 7) is 4.15. The van der Waals surface area contributed by atoms with Crippen LogP contribution in [0, 0.1) is 5.92 Å². The van der Waals surface area contributed by atoms with E-state index in [0.717, 1.165) is 17.5 Å². The van der Waals surface area contributed by atoms with Gasteiger partial charge in [0.25, 0.3) is 11.8 Å². The molecule has 0 saturated carbocycles. The van der Waals surface area contributed by atoms with Gasteiger partial charge in [0, 0.05) is 31.1 Å². The molecule has 0 saturated heterocycles. The van der Waals surface area contributed by atoms with Crippen molar-refractivity contribution in [2.24, 2.45) is 5.92 Å². The van der Waals surface area contributed by atoms with Crippen molar-refractivity contribution in [3.05, 3.63) is 77.5 Å². The van der Waals surface area contributed by atoms with E-state index in [1.165, 1.54) is 11.1 Å². The quantitative estimate of drug-likeness (QED) is 0.365. The number of ether oxygens (including phenoxy) is 2. The number of hydrogen-bond donors (Lipinski definition) is 3. The average Bonchev–Trinajstić information content (AvgIpc) is 3.57. The summed E-state index contributed by atoms with van der Waals surface area (Å²) in [7, 11) is 3.13. The van der Waals surface area contributed by atoms with Crippen LogP contribution in [0.5, 0.6) is 11.5 Å². The highest BCUT2D eigenvalue weighted by Crippen LogP contribution is 2.22. The molecule has 2 heterocycles. The molecule has 1 aliphatic rings. The first-order valence-corrected chi connectivity index (χ1v) is 15.0. The number of benzene rings is 2. The topological polar surface area (TPSA) is 152 Å². The second-order valence-electron chi connectivity index (χ2n) is 11.4. The first-order chi connectivity index (χ1) is 21.7. The summed E-state index contributed by atoms with van der Waals surface area (Å²) in [6, 6.07) is 10.9. The zero-order valence-corrected chi connectivity index (χ0v) is 26.1. The highest BCUT2D eigenvalue weighted by atomic mass is 16.5. The Balaban J connectivity index is 1.69. The molecule has 1 aliphatic heterocycles. The molecule has 2 atom stereocenters. The lowest BCUT2D eigenvalue weighted by Gasteiger charge is -2.30. The Morgan fingerprint density at radius 2 is 1.84 bits per heavy atom. The van der Waals surface area contributed by atoms with Crippen LogP contribution in [-0.2, 0) is 22.4 Å². The summed E-state index contributed by atoms with van der Waals surface area (Å²) < 4.78 is 16.0. The number of methoxy groups -OCH3 is 2. The highest BCUT2D eigenvalue weighted by Gasteiger charge is 2.29. The largest absolute Gasteiger partial charge is 0.497 e. The number of hydrogen-bond acceptors (Lipinski definition) is 8. The Bertz CT molecular complexity index is 1460. The summed E-state index contributed by atoms with van der Waals surface area (Å²) in [5.74, 6) is -0.281. The van der Waals surface area contributed by atoms with Gasteiger partial charge in [-0.2, -0.15) is 0 Å². The normalized spacial score (nSPS) is 18.4. The molecule has 1 aromatic heterocycles. The minimum atomic E-state index is -0.941. The van der Waals surface area contributed by atoms with Crippen molar-refractivity contribution < 1.29 is 33.1 Å². The molecule has 4 rings (SSSR count). The van der Waals surface area contributed by atoms with Gasteiger partial charge < -0.3 is 34.7 Å². The molecule has 2 aromatic carbocycles. The van der Waals surface area contributed by atoms with Crippen LogP contribution in [0.3, 0.4) is 0 Å². The zero-order chi connectivity index (χ0) is 32.3. The standard InChI is InChI=1S/C33H41N5O7/c1-21(2)14-25-18-38(33(42)29-17-34-20-45-29)19-30(39)35-13-5-6-23-16-24(9-12-28(23)44-4)31(40)37-27(32(41)36-25)15-22-7-10-26(43-3)11-8-22/h7-12,16-17,20-21,25,27H,5-6,13-15,18-19H2,1-4H3,(H,35,39)(H,36,41)(H,37,40)/t25-,27-/m0/s1. The lowest BCUT2D eigenvalue weighted by atomic mass is 10.0. The molecule has 4 amide bonds. The molecule has 0 aliphatic carbocycles. The molecule has 240 valence electrons. The number of nitrogens with one attached hydrogen (secondary N) is 3. The summed E-state index contributed by atoms with van der Waals surface area (Å²) in [5.41, 5.74) is 1.99. The van der Waals surface area contributed by atoms with E-state index in [1.54, 1.807) is 44.6 Å². The summed E-state index contributed by atoms with van der Waals surface area (Å²) in [6.07, 6.45) is 4.26. The maximum absolute atomic E-state index is 13.9. The number of oxazole rings is 1. The van der Waals surface area contributed by atoms with E-state index in [0.29, 0.717) is 42.9 Å². The third kappa shape index (κ3) is 9.31. The van der Waals surface area contributed by atoms with Crippen molar-refractivity contribution in [1.82, 2.24) is 25.8 Å². The Morgan fingerprint density at radius 1 is 1.07 bits per heavy atom. The van der Waals surface area contributed by atoms with E-state index >= 15 is 0 Å². The number of aryl methyl sites for hydroxylation is 1. The van der Waals surface area contributed by atoms with E-state index in [1.807, 2.05) is 26.0 Å². The van der Waals surface area contributed by atoms with Gasteiger partial charge in [-0.05, 0) is 66.6 Å². The number of rotatable bonds is 7. The molecule has 0 radical (unpaired) electrons. The molecule has 0 unspecified atom stereocenters. The second-order valence-corrected chi connectivity index (χ2v) is 11.4. The minimum Gasteiger partial charge on any atom is -0.497 e. The molecule has 0 spiro atoms. The van der Waals surface area contributed by atoms with Crippen LogP contribution < -0.4 is 25.4 Å². The maximum Gasteiger partial charge on any atom is 0.291 e. The van der Waals surface area contributed by atoms with Gasteiger partial charge >= 0.3 is 0 Å². The van der Waals surface area contributed by atoms with Gasteiger partial charge in [0.15, 0.2) is 6.39 Å². The number of fused-ring (bicyclic) bond motifs is 2. The number of carbonyl (C=O) groups is 4. The van der Waals surface area contributed by atoms with Gasteiger partial charge in [-0.1, -0.05) is 26.0 Å². The van der Waals surface area contributed by atoms with E-state index in [2.05, 4.69) is 20.9 Å². The third-order valence-corrected chi connectivity index (χ3v) is 7.52. The fourth-order valence-corrected chi connectivity index (χ4v) is 5.31. The van der Waals surface area contributed by atoms with Crippen molar-refractivity contribution in [2.45, 2.75) is 51.6 Å². The first kappa shape index (κ1) is 33.0. The monoisotopic (exact) mass is 619 g/mol. The maximum atomic E-state index is 13.9. The minimum absolute atomic E-state index is 0.0145. The van der Waals surface area contributed by atoms with Gasteiger partial charge in [-0.15, -0.1) is 0 Å². The summed E-state index contributed by atoms with van der Waals surface area (Å²) in [5, 5.41) is 8.86. The zero-order valence-electron chi connectivity index (χ0n) is 26.1. The lowest BCUT2D eigenvalue weighted by molar-refractivity contribution is -0.123. The average molecular weight is 620 g/mol. The second kappa shape index (κ2) is 15.7. The van der Waals surface area contributed by atoms with E-state index < -0.39 is 29.8 Å². The third-order valence-electron chi connectivity index (χ3n) is 7.52. The molecule has 3 aromatic rings.